The minimum atomic E-state index is -5.68. The number of phosphoric acid groups is 2. The average molecular weight is 674 g/mol. The molecular formula is C17H29N10O13P3. The number of unbranched alkanes of at least 4 members (excludes halogenated alkanes) is 2. The zero-order chi connectivity index (χ0) is 32.0. The van der Waals surface area contributed by atoms with Crippen molar-refractivity contribution in [3.8, 4) is 0 Å². The fourth-order valence-corrected chi connectivity index (χ4v) is 7.46. The van der Waals surface area contributed by atoms with Gasteiger partial charge in [-0.15, -0.1) is 0 Å². The highest BCUT2D eigenvalue weighted by molar-refractivity contribution is 7.67. The summed E-state index contributed by atoms with van der Waals surface area (Å²) in [5, 5.41) is 28.7. The molecule has 3 heterocycles. The van der Waals surface area contributed by atoms with E-state index in [1.165, 1.54) is 6.92 Å². The zero-order valence-corrected chi connectivity index (χ0v) is 24.9. The molecule has 0 bridgehead atoms. The van der Waals surface area contributed by atoms with E-state index in [4.69, 9.17) is 16.0 Å². The number of nitrogens with one attached hydrogen (secondary N) is 2. The van der Waals surface area contributed by atoms with Crippen LogP contribution in [0.25, 0.3) is 21.6 Å². The number of ether oxygens (including phenoxy) is 1. The summed E-state index contributed by atoms with van der Waals surface area (Å²) in [5.41, 5.74) is 14.4. The van der Waals surface area contributed by atoms with Crippen LogP contribution >= 0.6 is 23.4 Å². The molecule has 0 spiro atoms. The molecule has 1 amide bonds. The lowest BCUT2D eigenvalue weighted by Crippen LogP contribution is -2.33. The fourth-order valence-electron chi connectivity index (χ4n) is 3.71. The van der Waals surface area contributed by atoms with Crippen molar-refractivity contribution in [2.24, 2.45) is 5.11 Å². The van der Waals surface area contributed by atoms with E-state index in [1.54, 1.807) is 0 Å². The number of rotatable bonds is 16. The second-order valence-corrected chi connectivity index (χ2v) is 13.6. The van der Waals surface area contributed by atoms with Crippen molar-refractivity contribution in [2.45, 2.75) is 50.7 Å². The van der Waals surface area contributed by atoms with Gasteiger partial charge in [-0.3, -0.25) is 13.9 Å². The summed E-state index contributed by atoms with van der Waals surface area (Å²) < 4.78 is 55.9. The van der Waals surface area contributed by atoms with Crippen LogP contribution in [0.2, 0.25) is 0 Å². The first-order valence-electron chi connectivity index (χ1n) is 12.2. The van der Waals surface area contributed by atoms with Gasteiger partial charge in [0.05, 0.1) is 12.9 Å². The first kappa shape index (κ1) is 34.9. The maximum atomic E-state index is 12.3. The van der Waals surface area contributed by atoms with Crippen molar-refractivity contribution < 1.29 is 61.3 Å². The highest BCUT2D eigenvalue weighted by atomic mass is 31.3. The van der Waals surface area contributed by atoms with Gasteiger partial charge in [0.15, 0.2) is 17.7 Å². The van der Waals surface area contributed by atoms with E-state index in [9.17, 15) is 43.4 Å². The lowest BCUT2D eigenvalue weighted by molar-refractivity contribution is -0.118. The molecule has 240 valence electrons. The van der Waals surface area contributed by atoms with E-state index in [0.717, 1.165) is 10.9 Å². The van der Waals surface area contributed by atoms with Crippen molar-refractivity contribution in [1.82, 2.24) is 29.9 Å². The zero-order valence-electron chi connectivity index (χ0n) is 22.2. The summed E-state index contributed by atoms with van der Waals surface area (Å²) in [7, 11) is -16.2. The van der Waals surface area contributed by atoms with Gasteiger partial charge in [-0.25, -0.2) is 33.7 Å². The Morgan fingerprint density at radius 3 is 2.51 bits per heavy atom. The molecule has 0 aliphatic carbocycles. The van der Waals surface area contributed by atoms with E-state index in [2.05, 4.69) is 43.4 Å². The number of aliphatic hydroxyl groups is 2. The molecule has 4 unspecified atom stereocenters. The van der Waals surface area contributed by atoms with Crippen molar-refractivity contribution in [3.05, 3.63) is 16.8 Å². The van der Waals surface area contributed by atoms with E-state index in [0.29, 0.717) is 25.8 Å². The van der Waals surface area contributed by atoms with Gasteiger partial charge in [-0.1, -0.05) is 6.42 Å². The number of imidazole rings is 1. The molecule has 9 N–H and O–H groups in total. The standard InChI is InChI=1S/C17H29N10O13P3/c1-9(28)20-5-3-2-4-6-22-41(31,32)39-43(35,36)40-42(33,34)37-7-10-12(29)13(30)16(38-10)27-8-21-11-14(18)23-17(25-26-19)24-15(11)27/h8,10,12-13,16,29-30H,2-7H2,1H3,(H,20,28)(H,33,34)(H,35,36)(H2,18,23,24)(H2,22,31,32)/t10-,12?,13+,16-/m0/s1. The molecule has 2 aromatic rings. The van der Waals surface area contributed by atoms with Crippen molar-refractivity contribution in [1.29, 1.82) is 0 Å². The van der Waals surface area contributed by atoms with Gasteiger partial charge in [0, 0.05) is 24.9 Å². The number of hydrogen-bond acceptors (Lipinski definition) is 15. The first-order valence-corrected chi connectivity index (χ1v) is 16.7. The van der Waals surface area contributed by atoms with Crippen LogP contribution in [0.5, 0.6) is 0 Å². The highest BCUT2D eigenvalue weighted by Crippen LogP contribution is 2.66. The smallest absolute Gasteiger partial charge is 0.387 e. The maximum absolute atomic E-state index is 12.3. The van der Waals surface area contributed by atoms with Crippen molar-refractivity contribution in [2.75, 3.05) is 25.4 Å². The Balaban J connectivity index is 1.55. The second-order valence-electron chi connectivity index (χ2n) is 8.84. The normalized spacial score (nSPS) is 24.5. The van der Waals surface area contributed by atoms with Gasteiger partial charge in [0.2, 0.25) is 11.9 Å². The number of amides is 1. The van der Waals surface area contributed by atoms with Gasteiger partial charge in [-0.05, 0) is 23.5 Å². The van der Waals surface area contributed by atoms with E-state index >= 15 is 0 Å². The molecule has 7 atom stereocenters. The van der Waals surface area contributed by atoms with Crippen LogP contribution < -0.4 is 16.1 Å². The topological polar surface area (TPSA) is 349 Å². The molecule has 3 rings (SSSR count). The Bertz CT molecular complexity index is 1500. The Morgan fingerprint density at radius 2 is 1.84 bits per heavy atom. The Hall–Kier alpha value is -2.58. The number of nitrogens with two attached hydrogens (primary N) is 1. The Morgan fingerprint density at radius 1 is 1.14 bits per heavy atom. The molecule has 43 heavy (non-hydrogen) atoms. The number of aliphatic hydroxyl groups excluding tert-OH is 2. The first-order chi connectivity index (χ1) is 20.0. The molecule has 0 saturated carbocycles. The number of hydrogen-bond donors (Lipinski definition) is 8. The summed E-state index contributed by atoms with van der Waals surface area (Å²) >= 11 is 0. The third-order valence-electron chi connectivity index (χ3n) is 5.54. The molecule has 1 saturated heterocycles. The fraction of sp³-hybridized carbons (Fsp3) is 0.647. The monoisotopic (exact) mass is 674 g/mol. The molecule has 0 aromatic carbocycles. The van der Waals surface area contributed by atoms with E-state index in [1.807, 2.05) is 5.09 Å². The van der Waals surface area contributed by atoms with E-state index < -0.39 is 54.5 Å². The summed E-state index contributed by atoms with van der Waals surface area (Å²) in [4.78, 5) is 54.4. The van der Waals surface area contributed by atoms with E-state index in [-0.39, 0.29) is 35.4 Å². The molecule has 23 nitrogen and oxygen atoms in total. The van der Waals surface area contributed by atoms with Gasteiger partial charge < -0.3 is 40.7 Å². The third kappa shape index (κ3) is 9.97. The molecular weight excluding hydrogens is 645 g/mol. The van der Waals surface area contributed by atoms with Crippen molar-refractivity contribution in [3.63, 3.8) is 0 Å². The molecule has 26 heteroatoms. The number of azide groups is 1. The summed E-state index contributed by atoms with van der Waals surface area (Å²) in [6.07, 6.45) is -3.91. The number of nitrogens with zero attached hydrogens (tertiary/aromatic N) is 7. The lowest BCUT2D eigenvalue weighted by atomic mass is 10.1. The number of phosphoric ester groups is 1. The van der Waals surface area contributed by atoms with Crippen molar-refractivity contribution >= 4 is 52.2 Å². The SMILES string of the molecule is CC(=O)NCCCCCNP(=O)(O)OP(=O)(O)OP(=O)(O)OC[C@@H]1O[C@H](n2cnc3c(N)nc(N=[N+]=[N-])nc32)[C@H](O)C1O. The summed E-state index contributed by atoms with van der Waals surface area (Å²) in [6.45, 7) is 0.588. The molecule has 0 radical (unpaired) electrons. The van der Waals surface area contributed by atoms with Gasteiger partial charge in [0.25, 0.3) is 0 Å². The minimum Gasteiger partial charge on any atom is -0.387 e. The molecule has 1 aliphatic rings. The maximum Gasteiger partial charge on any atom is 0.489 e. The van der Waals surface area contributed by atoms with Crippen LogP contribution in [0.3, 0.4) is 0 Å². The van der Waals surface area contributed by atoms with Crippen LogP contribution in [-0.2, 0) is 36.4 Å². The molecule has 2 aromatic heterocycles. The Kier molecular flexibility index (Phi) is 11.7. The minimum absolute atomic E-state index is 0.0338. The summed E-state index contributed by atoms with van der Waals surface area (Å²) in [6, 6.07) is 0. The number of anilines is 1. The highest BCUT2D eigenvalue weighted by Gasteiger charge is 2.47. The number of carbonyl (C=O) groups excluding carboxylic acids is 1. The van der Waals surface area contributed by atoms with Crippen LogP contribution in [-0.4, -0.2) is 88.3 Å². The van der Waals surface area contributed by atoms with Crippen LogP contribution in [0.15, 0.2) is 11.4 Å². The summed E-state index contributed by atoms with van der Waals surface area (Å²) in [5.74, 6) is -0.761. The quantitative estimate of drug-likeness (QED) is 0.0388. The molecule has 1 fully saturated rings. The predicted molar refractivity (Wildman–Crippen MR) is 143 cm³/mol. The predicted octanol–water partition coefficient (Wildman–Crippen LogP) is 0.216. The van der Waals surface area contributed by atoms with Crippen LogP contribution in [0.1, 0.15) is 32.4 Å². The van der Waals surface area contributed by atoms with Gasteiger partial charge in [-0.2, -0.15) is 8.62 Å². The number of nitrogen functional groups attached to an aromatic ring is 1. The number of aromatic nitrogens is 4. The lowest BCUT2D eigenvalue weighted by Gasteiger charge is -2.20. The third-order valence-corrected chi connectivity index (χ3v) is 10.0. The number of carbonyl (C=O) groups is 1. The Labute approximate surface area is 241 Å². The molecule has 1 aliphatic heterocycles. The average Bonchev–Trinajstić information content (AvgIpc) is 3.42. The van der Waals surface area contributed by atoms with Gasteiger partial charge >= 0.3 is 23.4 Å². The van der Waals surface area contributed by atoms with Crippen LogP contribution in [0, 0.1) is 0 Å². The largest absolute Gasteiger partial charge is 0.489 e. The number of fused-ring (bicyclic) bond motifs is 1. The van der Waals surface area contributed by atoms with Crippen LogP contribution in [0.4, 0.5) is 11.8 Å². The second kappa shape index (κ2) is 14.5. The van der Waals surface area contributed by atoms with Gasteiger partial charge in [0.1, 0.15) is 23.8 Å².